The predicted octanol–water partition coefficient (Wildman–Crippen LogP) is 2.00. The van der Waals surface area contributed by atoms with Crippen LogP contribution in [0.2, 0.25) is 0 Å². The molecule has 1 rings (SSSR count). The first-order valence-electron chi connectivity index (χ1n) is 4.55. The standard InChI is InChI=1S/C9H6F5NO4/c1-18-8(17)4-2-3(5(10)11)6(16)15-7(4)19-9(12,13)14/h2,5H,1H3,(H,15,16). The van der Waals surface area contributed by atoms with Gasteiger partial charge in [0.2, 0.25) is 5.88 Å². The van der Waals surface area contributed by atoms with E-state index in [9.17, 15) is 31.5 Å². The number of aromatic amines is 1. The number of alkyl halides is 5. The molecule has 1 aromatic heterocycles. The summed E-state index contributed by atoms with van der Waals surface area (Å²) in [5.41, 5.74) is -3.63. The van der Waals surface area contributed by atoms with E-state index in [2.05, 4.69) is 9.47 Å². The molecule has 0 aliphatic carbocycles. The number of ether oxygens (including phenoxy) is 2. The summed E-state index contributed by atoms with van der Waals surface area (Å²) in [4.78, 5) is 23.7. The van der Waals surface area contributed by atoms with Crippen LogP contribution in [0.4, 0.5) is 22.0 Å². The Labute approximate surface area is 101 Å². The van der Waals surface area contributed by atoms with Crippen molar-refractivity contribution in [2.75, 3.05) is 7.11 Å². The van der Waals surface area contributed by atoms with E-state index in [0.717, 1.165) is 7.11 Å². The van der Waals surface area contributed by atoms with Crippen molar-refractivity contribution >= 4 is 5.97 Å². The van der Waals surface area contributed by atoms with Gasteiger partial charge in [-0.1, -0.05) is 0 Å². The molecule has 0 saturated carbocycles. The van der Waals surface area contributed by atoms with Crippen molar-refractivity contribution < 1.29 is 36.2 Å². The number of halogens is 5. The summed E-state index contributed by atoms with van der Waals surface area (Å²) in [6.07, 6.45) is -8.48. The number of pyridine rings is 1. The molecule has 0 unspecified atom stereocenters. The average Bonchev–Trinajstić information content (AvgIpc) is 2.25. The number of hydrogen-bond acceptors (Lipinski definition) is 4. The van der Waals surface area contributed by atoms with Crippen LogP contribution in [-0.4, -0.2) is 24.4 Å². The predicted molar refractivity (Wildman–Crippen MR) is 50.0 cm³/mol. The number of aromatic nitrogens is 1. The molecule has 0 bridgehead atoms. The van der Waals surface area contributed by atoms with Crippen LogP contribution in [0.25, 0.3) is 0 Å². The van der Waals surface area contributed by atoms with E-state index >= 15 is 0 Å². The molecule has 106 valence electrons. The zero-order valence-corrected chi connectivity index (χ0v) is 9.18. The lowest BCUT2D eigenvalue weighted by Gasteiger charge is -2.12. The SMILES string of the molecule is COC(=O)c1cc(C(F)F)c(=O)[nH]c1OC(F)(F)F. The van der Waals surface area contributed by atoms with E-state index in [0.29, 0.717) is 0 Å². The molecule has 1 aromatic rings. The molecule has 1 N–H and O–H groups in total. The van der Waals surface area contributed by atoms with Gasteiger partial charge in [-0.15, -0.1) is 13.2 Å². The molecule has 0 atom stereocenters. The highest BCUT2D eigenvalue weighted by atomic mass is 19.4. The largest absolute Gasteiger partial charge is 0.574 e. The Morgan fingerprint density at radius 3 is 2.37 bits per heavy atom. The molecule has 5 nitrogen and oxygen atoms in total. The van der Waals surface area contributed by atoms with Crippen molar-refractivity contribution in [2.24, 2.45) is 0 Å². The molecule has 1 heterocycles. The maximum Gasteiger partial charge on any atom is 0.574 e. The minimum Gasteiger partial charge on any atom is -0.465 e. The van der Waals surface area contributed by atoms with Gasteiger partial charge in [-0.3, -0.25) is 9.78 Å². The molecule has 0 saturated heterocycles. The van der Waals surface area contributed by atoms with Gasteiger partial charge in [-0.05, 0) is 6.07 Å². The van der Waals surface area contributed by atoms with E-state index in [4.69, 9.17) is 0 Å². The highest BCUT2D eigenvalue weighted by Gasteiger charge is 2.34. The number of methoxy groups -OCH3 is 1. The molecule has 0 fully saturated rings. The first-order chi connectivity index (χ1) is 8.65. The maximum atomic E-state index is 12.4. The molecular formula is C9H6F5NO4. The van der Waals surface area contributed by atoms with Gasteiger partial charge in [0.15, 0.2) is 0 Å². The van der Waals surface area contributed by atoms with Gasteiger partial charge >= 0.3 is 12.3 Å². The Balaban J connectivity index is 3.41. The van der Waals surface area contributed by atoms with Crippen LogP contribution in [0.15, 0.2) is 10.9 Å². The third-order valence-electron chi connectivity index (χ3n) is 1.89. The topological polar surface area (TPSA) is 68.4 Å². The number of carbonyl (C=O) groups excluding carboxylic acids is 1. The van der Waals surface area contributed by atoms with Crippen molar-refractivity contribution in [1.29, 1.82) is 0 Å². The molecule has 0 radical (unpaired) electrons. The van der Waals surface area contributed by atoms with Gasteiger partial charge in [0.05, 0.1) is 12.7 Å². The van der Waals surface area contributed by atoms with E-state index in [1.807, 2.05) is 0 Å². The molecule has 0 amide bonds. The zero-order chi connectivity index (χ0) is 14.8. The van der Waals surface area contributed by atoms with Crippen LogP contribution in [0.1, 0.15) is 22.3 Å². The fourth-order valence-electron chi connectivity index (χ4n) is 1.15. The fraction of sp³-hybridized carbons (Fsp3) is 0.333. The molecule has 0 aliphatic rings. The number of carbonyl (C=O) groups is 1. The van der Waals surface area contributed by atoms with Gasteiger partial charge < -0.3 is 9.47 Å². The zero-order valence-electron chi connectivity index (χ0n) is 9.18. The number of H-pyrrole nitrogens is 1. The van der Waals surface area contributed by atoms with Crippen molar-refractivity contribution in [1.82, 2.24) is 4.98 Å². The molecule has 10 heteroatoms. The van der Waals surface area contributed by atoms with E-state index < -0.39 is 41.3 Å². The summed E-state index contributed by atoms with van der Waals surface area (Å²) >= 11 is 0. The lowest BCUT2D eigenvalue weighted by atomic mass is 10.2. The molecule has 0 spiro atoms. The van der Waals surface area contributed by atoms with Gasteiger partial charge in [0, 0.05) is 0 Å². The molecule has 0 aliphatic heterocycles. The van der Waals surface area contributed by atoms with E-state index in [1.54, 1.807) is 0 Å². The van der Waals surface area contributed by atoms with Crippen LogP contribution < -0.4 is 10.3 Å². The summed E-state index contributed by atoms with van der Waals surface area (Å²) < 4.78 is 68.4. The van der Waals surface area contributed by atoms with Crippen LogP contribution in [-0.2, 0) is 4.74 Å². The van der Waals surface area contributed by atoms with E-state index in [-0.39, 0.29) is 6.07 Å². The first-order valence-corrected chi connectivity index (χ1v) is 4.55. The summed E-state index contributed by atoms with van der Waals surface area (Å²) in [5, 5.41) is 0. The Kier molecular flexibility index (Phi) is 4.12. The summed E-state index contributed by atoms with van der Waals surface area (Å²) in [6, 6.07) is 0.288. The molecule has 0 aromatic carbocycles. The summed E-state index contributed by atoms with van der Waals surface area (Å²) in [6.45, 7) is 0. The van der Waals surface area contributed by atoms with Crippen molar-refractivity contribution in [2.45, 2.75) is 12.8 Å². The Hall–Kier alpha value is -2.13. The molecular weight excluding hydrogens is 281 g/mol. The number of esters is 1. The minimum absolute atomic E-state index is 0.288. The van der Waals surface area contributed by atoms with Crippen molar-refractivity contribution in [3.63, 3.8) is 0 Å². The second-order valence-corrected chi connectivity index (χ2v) is 3.14. The lowest BCUT2D eigenvalue weighted by molar-refractivity contribution is -0.276. The minimum atomic E-state index is -5.21. The summed E-state index contributed by atoms with van der Waals surface area (Å²) in [7, 11) is 0.826. The van der Waals surface area contributed by atoms with Gasteiger partial charge in [0.25, 0.3) is 12.0 Å². The second kappa shape index (κ2) is 5.24. The average molecular weight is 287 g/mol. The number of rotatable bonds is 3. The third-order valence-corrected chi connectivity index (χ3v) is 1.89. The third kappa shape index (κ3) is 3.66. The smallest absolute Gasteiger partial charge is 0.465 e. The monoisotopic (exact) mass is 287 g/mol. The first kappa shape index (κ1) is 14.9. The normalized spacial score (nSPS) is 11.5. The van der Waals surface area contributed by atoms with Gasteiger partial charge in [0.1, 0.15) is 5.56 Å². The fourth-order valence-corrected chi connectivity index (χ4v) is 1.15. The van der Waals surface area contributed by atoms with Crippen LogP contribution in [0, 0.1) is 0 Å². The maximum absolute atomic E-state index is 12.4. The Bertz CT molecular complexity index is 536. The quantitative estimate of drug-likeness (QED) is 0.682. The van der Waals surface area contributed by atoms with Gasteiger partial charge in [-0.2, -0.15) is 0 Å². The van der Waals surface area contributed by atoms with Crippen LogP contribution in [0.3, 0.4) is 0 Å². The number of hydrogen-bond donors (Lipinski definition) is 1. The highest BCUT2D eigenvalue weighted by Crippen LogP contribution is 2.26. The Morgan fingerprint density at radius 1 is 1.37 bits per heavy atom. The van der Waals surface area contributed by atoms with Crippen LogP contribution in [0.5, 0.6) is 5.88 Å². The lowest BCUT2D eigenvalue weighted by Crippen LogP contribution is -2.24. The highest BCUT2D eigenvalue weighted by molar-refractivity contribution is 5.91. The van der Waals surface area contributed by atoms with Gasteiger partial charge in [-0.25, -0.2) is 13.6 Å². The second-order valence-electron chi connectivity index (χ2n) is 3.14. The van der Waals surface area contributed by atoms with Crippen LogP contribution >= 0.6 is 0 Å². The van der Waals surface area contributed by atoms with Crippen molar-refractivity contribution in [3.05, 3.63) is 27.5 Å². The van der Waals surface area contributed by atoms with E-state index in [1.165, 1.54) is 4.98 Å². The number of nitrogens with one attached hydrogen (secondary N) is 1. The summed E-state index contributed by atoms with van der Waals surface area (Å²) in [5.74, 6) is -2.67. The van der Waals surface area contributed by atoms with Crippen molar-refractivity contribution in [3.8, 4) is 5.88 Å². The molecule has 19 heavy (non-hydrogen) atoms. The Morgan fingerprint density at radius 2 is 1.95 bits per heavy atom.